The zero-order valence-corrected chi connectivity index (χ0v) is 13.1. The van der Waals surface area contributed by atoms with Crippen molar-refractivity contribution >= 4 is 22.8 Å². The van der Waals surface area contributed by atoms with Gasteiger partial charge in [0.05, 0.1) is 25.2 Å². The van der Waals surface area contributed by atoms with Gasteiger partial charge in [-0.3, -0.25) is 9.59 Å². The van der Waals surface area contributed by atoms with E-state index >= 15 is 0 Å². The molecule has 1 aromatic carbocycles. The Balaban J connectivity index is 1.85. The third kappa shape index (κ3) is 4.35. The van der Waals surface area contributed by atoms with E-state index in [9.17, 15) is 9.59 Å². The summed E-state index contributed by atoms with van der Waals surface area (Å²) in [5, 5.41) is 3.66. The summed E-state index contributed by atoms with van der Waals surface area (Å²) in [6.45, 7) is 5.86. The van der Waals surface area contributed by atoms with Gasteiger partial charge in [-0.05, 0) is 32.4 Å². The molecule has 1 amide bonds. The van der Waals surface area contributed by atoms with Crippen molar-refractivity contribution < 1.29 is 18.7 Å². The molecule has 0 radical (unpaired) electrons. The number of benzene rings is 1. The van der Waals surface area contributed by atoms with Gasteiger partial charge in [0.1, 0.15) is 5.58 Å². The molecule has 22 heavy (non-hydrogen) atoms. The van der Waals surface area contributed by atoms with Crippen molar-refractivity contribution in [3.8, 4) is 0 Å². The number of ether oxygens (including phenoxy) is 1. The molecule has 0 atom stereocenters. The average Bonchev–Trinajstić information content (AvgIpc) is 2.80. The van der Waals surface area contributed by atoms with E-state index in [-0.39, 0.29) is 37.4 Å². The molecule has 2 aromatic rings. The minimum absolute atomic E-state index is 0.135. The van der Waals surface area contributed by atoms with E-state index in [0.717, 1.165) is 22.1 Å². The molecule has 0 aliphatic carbocycles. The maximum Gasteiger partial charge on any atom is 0.307 e. The van der Waals surface area contributed by atoms with Crippen molar-refractivity contribution in [2.75, 3.05) is 6.54 Å². The van der Waals surface area contributed by atoms with Crippen LogP contribution in [0.5, 0.6) is 0 Å². The molecule has 0 aliphatic rings. The Labute approximate surface area is 129 Å². The van der Waals surface area contributed by atoms with Crippen molar-refractivity contribution in [3.05, 3.63) is 35.6 Å². The summed E-state index contributed by atoms with van der Waals surface area (Å²) < 4.78 is 10.5. The van der Waals surface area contributed by atoms with Crippen LogP contribution >= 0.6 is 0 Å². The van der Waals surface area contributed by atoms with Crippen LogP contribution in [0.15, 0.2) is 28.9 Å². The molecule has 0 saturated heterocycles. The van der Waals surface area contributed by atoms with Gasteiger partial charge in [-0.2, -0.15) is 0 Å². The first-order valence-electron chi connectivity index (χ1n) is 7.38. The Bertz CT molecular complexity index is 672. The van der Waals surface area contributed by atoms with Crippen molar-refractivity contribution in [2.24, 2.45) is 0 Å². The van der Waals surface area contributed by atoms with Gasteiger partial charge in [-0.25, -0.2) is 0 Å². The van der Waals surface area contributed by atoms with Crippen molar-refractivity contribution in [1.29, 1.82) is 0 Å². The predicted octanol–water partition coefficient (Wildman–Crippen LogP) is 2.74. The zero-order valence-electron chi connectivity index (χ0n) is 13.1. The van der Waals surface area contributed by atoms with E-state index < -0.39 is 0 Å². The number of carbonyl (C=O) groups is 2. The lowest BCUT2D eigenvalue weighted by atomic mass is 10.1. The van der Waals surface area contributed by atoms with Crippen molar-refractivity contribution in [2.45, 2.75) is 39.7 Å². The number of carbonyl (C=O) groups excluding carboxylic acids is 2. The van der Waals surface area contributed by atoms with Crippen LogP contribution < -0.4 is 5.32 Å². The topological polar surface area (TPSA) is 68.5 Å². The monoisotopic (exact) mass is 303 g/mol. The standard InChI is InChI=1S/C17H21NO4/c1-11(2)22-17(20)6-7-18-16(19)9-13-10-21-15-8-12(3)4-5-14(13)15/h4-5,8,10-11H,6-7,9H2,1-3H3,(H,18,19). The Morgan fingerprint density at radius 1 is 1.32 bits per heavy atom. The maximum atomic E-state index is 11.9. The number of rotatable bonds is 6. The minimum atomic E-state index is -0.306. The fourth-order valence-corrected chi connectivity index (χ4v) is 2.19. The Morgan fingerprint density at radius 3 is 2.82 bits per heavy atom. The van der Waals surface area contributed by atoms with E-state index in [0.29, 0.717) is 0 Å². The zero-order chi connectivity index (χ0) is 16.1. The summed E-state index contributed by atoms with van der Waals surface area (Å²) in [6.07, 6.45) is 1.88. The van der Waals surface area contributed by atoms with Crippen LogP contribution in [0.4, 0.5) is 0 Å². The van der Waals surface area contributed by atoms with Gasteiger partial charge in [0.25, 0.3) is 0 Å². The molecule has 0 spiro atoms. The number of fused-ring (bicyclic) bond motifs is 1. The molecule has 1 N–H and O–H groups in total. The first kappa shape index (κ1) is 16.1. The predicted molar refractivity (Wildman–Crippen MR) is 83.5 cm³/mol. The van der Waals surface area contributed by atoms with Crippen LogP contribution in [-0.2, 0) is 20.7 Å². The number of nitrogens with one attached hydrogen (secondary N) is 1. The molecule has 0 saturated carbocycles. The SMILES string of the molecule is Cc1ccc2c(CC(=O)NCCC(=O)OC(C)C)coc2c1. The summed E-state index contributed by atoms with van der Waals surface area (Å²) in [5.41, 5.74) is 2.74. The van der Waals surface area contributed by atoms with Gasteiger partial charge in [0, 0.05) is 17.5 Å². The van der Waals surface area contributed by atoms with E-state index in [1.807, 2.05) is 25.1 Å². The number of esters is 1. The Morgan fingerprint density at radius 2 is 2.09 bits per heavy atom. The highest BCUT2D eigenvalue weighted by Crippen LogP contribution is 2.22. The minimum Gasteiger partial charge on any atom is -0.464 e. The summed E-state index contributed by atoms with van der Waals surface area (Å²) in [4.78, 5) is 23.3. The molecule has 5 nitrogen and oxygen atoms in total. The molecular weight excluding hydrogens is 282 g/mol. The molecule has 0 bridgehead atoms. The fraction of sp³-hybridized carbons (Fsp3) is 0.412. The smallest absolute Gasteiger partial charge is 0.307 e. The summed E-state index contributed by atoms with van der Waals surface area (Å²) in [5.74, 6) is -0.444. The quantitative estimate of drug-likeness (QED) is 0.833. The maximum absolute atomic E-state index is 11.9. The molecule has 118 valence electrons. The number of hydrogen-bond acceptors (Lipinski definition) is 4. The Kier molecular flexibility index (Phi) is 5.20. The number of hydrogen-bond donors (Lipinski definition) is 1. The number of aryl methyl sites for hydroxylation is 1. The first-order chi connectivity index (χ1) is 10.5. The van der Waals surface area contributed by atoms with Gasteiger partial charge < -0.3 is 14.5 Å². The van der Waals surface area contributed by atoms with Crippen LogP contribution in [0, 0.1) is 6.92 Å². The molecule has 0 unspecified atom stereocenters. The van der Waals surface area contributed by atoms with Crippen LogP contribution in [0.2, 0.25) is 0 Å². The number of amides is 1. The lowest BCUT2D eigenvalue weighted by Crippen LogP contribution is -2.28. The van der Waals surface area contributed by atoms with Gasteiger partial charge >= 0.3 is 5.97 Å². The van der Waals surface area contributed by atoms with E-state index in [2.05, 4.69) is 5.32 Å². The van der Waals surface area contributed by atoms with E-state index in [1.54, 1.807) is 20.1 Å². The highest BCUT2D eigenvalue weighted by molar-refractivity contribution is 5.88. The highest BCUT2D eigenvalue weighted by atomic mass is 16.5. The normalized spacial score (nSPS) is 10.9. The fourth-order valence-electron chi connectivity index (χ4n) is 2.19. The lowest BCUT2D eigenvalue weighted by molar-refractivity contribution is -0.147. The molecule has 1 aromatic heterocycles. The second kappa shape index (κ2) is 7.11. The first-order valence-corrected chi connectivity index (χ1v) is 7.38. The van der Waals surface area contributed by atoms with Gasteiger partial charge in [-0.15, -0.1) is 0 Å². The van der Waals surface area contributed by atoms with Crippen molar-refractivity contribution in [1.82, 2.24) is 5.32 Å². The van der Waals surface area contributed by atoms with Crippen LogP contribution in [0.1, 0.15) is 31.4 Å². The van der Waals surface area contributed by atoms with Gasteiger partial charge in [0.15, 0.2) is 0 Å². The van der Waals surface area contributed by atoms with Gasteiger partial charge in [0.2, 0.25) is 5.91 Å². The third-order valence-electron chi connectivity index (χ3n) is 3.18. The molecule has 2 rings (SSSR count). The summed E-state index contributed by atoms with van der Waals surface area (Å²) in [7, 11) is 0. The second-order valence-electron chi connectivity index (χ2n) is 5.58. The van der Waals surface area contributed by atoms with Crippen molar-refractivity contribution in [3.63, 3.8) is 0 Å². The van der Waals surface area contributed by atoms with Crippen LogP contribution in [0.3, 0.4) is 0 Å². The molecule has 5 heteroatoms. The number of furan rings is 1. The molecule has 0 fully saturated rings. The van der Waals surface area contributed by atoms with E-state index in [1.165, 1.54) is 0 Å². The largest absolute Gasteiger partial charge is 0.464 e. The molecular formula is C17H21NO4. The second-order valence-corrected chi connectivity index (χ2v) is 5.58. The van der Waals surface area contributed by atoms with E-state index in [4.69, 9.17) is 9.15 Å². The summed E-state index contributed by atoms with van der Waals surface area (Å²) in [6, 6.07) is 5.89. The molecule has 0 aliphatic heterocycles. The third-order valence-corrected chi connectivity index (χ3v) is 3.18. The lowest BCUT2D eigenvalue weighted by Gasteiger charge is -2.08. The van der Waals surface area contributed by atoms with Gasteiger partial charge in [-0.1, -0.05) is 12.1 Å². The molecule has 1 heterocycles. The van der Waals surface area contributed by atoms with Crippen LogP contribution in [-0.4, -0.2) is 24.5 Å². The Hall–Kier alpha value is -2.30. The highest BCUT2D eigenvalue weighted by Gasteiger charge is 2.11. The van der Waals surface area contributed by atoms with Crippen LogP contribution in [0.25, 0.3) is 11.0 Å². The average molecular weight is 303 g/mol. The summed E-state index contributed by atoms with van der Waals surface area (Å²) >= 11 is 0.